The molecule has 20 heavy (non-hydrogen) atoms. The minimum atomic E-state index is 0.426. The number of likely N-dealkylation sites (tertiary alicyclic amines) is 1. The number of rotatable bonds is 6. The summed E-state index contributed by atoms with van der Waals surface area (Å²) in [5.41, 5.74) is 6.39. The Kier molecular flexibility index (Phi) is 6.79. The smallest absolute Gasteiger partial charge is 0.0702 e. The molecule has 0 spiro atoms. The second-order valence-electron chi connectivity index (χ2n) is 6.87. The van der Waals surface area contributed by atoms with Gasteiger partial charge in [-0.25, -0.2) is 0 Å². The van der Waals surface area contributed by atoms with Crippen molar-refractivity contribution in [2.24, 2.45) is 17.6 Å². The molecule has 0 aromatic rings. The SMILES string of the molecule is CCCC1CCC(N)C(CN2CCCC(OCC)C2)C1. The van der Waals surface area contributed by atoms with E-state index in [1.54, 1.807) is 0 Å². The summed E-state index contributed by atoms with van der Waals surface area (Å²) in [5, 5.41) is 0. The van der Waals surface area contributed by atoms with Crippen LogP contribution in [-0.4, -0.2) is 43.3 Å². The summed E-state index contributed by atoms with van der Waals surface area (Å²) in [6.45, 7) is 8.82. The third kappa shape index (κ3) is 4.71. The average Bonchev–Trinajstić information content (AvgIpc) is 2.44. The van der Waals surface area contributed by atoms with Gasteiger partial charge in [-0.3, -0.25) is 0 Å². The van der Waals surface area contributed by atoms with E-state index >= 15 is 0 Å². The van der Waals surface area contributed by atoms with Gasteiger partial charge in [0, 0.05) is 25.7 Å². The minimum absolute atomic E-state index is 0.426. The van der Waals surface area contributed by atoms with Crippen LogP contribution in [0.4, 0.5) is 0 Å². The van der Waals surface area contributed by atoms with Gasteiger partial charge in [0.15, 0.2) is 0 Å². The zero-order valence-electron chi connectivity index (χ0n) is 13.5. The maximum absolute atomic E-state index is 6.39. The number of nitrogens with zero attached hydrogens (tertiary/aromatic N) is 1. The van der Waals surface area contributed by atoms with Gasteiger partial charge in [-0.15, -0.1) is 0 Å². The number of ether oxygens (including phenoxy) is 1. The summed E-state index contributed by atoms with van der Waals surface area (Å²) in [5.74, 6) is 1.64. The highest BCUT2D eigenvalue weighted by Crippen LogP contribution is 2.32. The van der Waals surface area contributed by atoms with Gasteiger partial charge in [-0.1, -0.05) is 19.8 Å². The first-order valence-corrected chi connectivity index (χ1v) is 8.82. The lowest BCUT2D eigenvalue weighted by Crippen LogP contribution is -2.47. The van der Waals surface area contributed by atoms with E-state index in [0.29, 0.717) is 18.1 Å². The number of piperidine rings is 1. The Labute approximate surface area is 125 Å². The summed E-state index contributed by atoms with van der Waals surface area (Å²) in [6, 6.07) is 0.426. The van der Waals surface area contributed by atoms with Crippen LogP contribution >= 0.6 is 0 Å². The van der Waals surface area contributed by atoms with E-state index in [1.165, 1.54) is 58.0 Å². The van der Waals surface area contributed by atoms with Gasteiger partial charge in [0.2, 0.25) is 0 Å². The van der Waals surface area contributed by atoms with Crippen molar-refractivity contribution >= 4 is 0 Å². The third-order valence-electron chi connectivity index (χ3n) is 5.20. The first-order valence-electron chi connectivity index (χ1n) is 8.82. The van der Waals surface area contributed by atoms with Gasteiger partial charge in [0.05, 0.1) is 6.10 Å². The van der Waals surface area contributed by atoms with E-state index in [0.717, 1.165) is 19.1 Å². The molecule has 1 saturated carbocycles. The Morgan fingerprint density at radius 1 is 1.20 bits per heavy atom. The van der Waals surface area contributed by atoms with E-state index in [4.69, 9.17) is 10.5 Å². The monoisotopic (exact) mass is 282 g/mol. The van der Waals surface area contributed by atoms with Crippen LogP contribution in [-0.2, 0) is 4.74 Å². The molecule has 1 aliphatic heterocycles. The number of nitrogens with two attached hydrogens (primary N) is 1. The van der Waals surface area contributed by atoms with E-state index < -0.39 is 0 Å². The van der Waals surface area contributed by atoms with Gasteiger partial charge < -0.3 is 15.4 Å². The summed E-state index contributed by atoms with van der Waals surface area (Å²) in [4.78, 5) is 2.61. The molecule has 0 radical (unpaired) electrons. The lowest BCUT2D eigenvalue weighted by atomic mass is 9.76. The van der Waals surface area contributed by atoms with E-state index in [1.807, 2.05) is 0 Å². The fourth-order valence-electron chi connectivity index (χ4n) is 4.15. The molecule has 0 aromatic heterocycles. The Morgan fingerprint density at radius 3 is 2.80 bits per heavy atom. The van der Waals surface area contributed by atoms with Crippen molar-refractivity contribution in [1.82, 2.24) is 4.90 Å². The quantitative estimate of drug-likeness (QED) is 0.814. The Morgan fingerprint density at radius 2 is 2.05 bits per heavy atom. The highest BCUT2D eigenvalue weighted by atomic mass is 16.5. The number of hydrogen-bond acceptors (Lipinski definition) is 3. The zero-order valence-corrected chi connectivity index (χ0v) is 13.5. The van der Waals surface area contributed by atoms with Gasteiger partial charge in [-0.05, 0) is 57.4 Å². The predicted molar refractivity (Wildman–Crippen MR) is 84.8 cm³/mol. The van der Waals surface area contributed by atoms with Crippen molar-refractivity contribution in [2.45, 2.75) is 70.9 Å². The highest BCUT2D eigenvalue weighted by Gasteiger charge is 2.30. The Balaban J connectivity index is 1.80. The topological polar surface area (TPSA) is 38.5 Å². The molecule has 0 bridgehead atoms. The molecule has 0 amide bonds. The van der Waals surface area contributed by atoms with Crippen molar-refractivity contribution in [3.8, 4) is 0 Å². The Bertz CT molecular complexity index is 270. The molecule has 1 heterocycles. The van der Waals surface area contributed by atoms with E-state index in [9.17, 15) is 0 Å². The fourth-order valence-corrected chi connectivity index (χ4v) is 4.15. The first-order chi connectivity index (χ1) is 9.72. The normalized spacial score (nSPS) is 36.1. The molecule has 3 heteroatoms. The summed E-state index contributed by atoms with van der Waals surface area (Å²) in [6.07, 6.45) is 9.63. The molecule has 4 atom stereocenters. The van der Waals surface area contributed by atoms with Crippen LogP contribution in [0.15, 0.2) is 0 Å². The second-order valence-corrected chi connectivity index (χ2v) is 6.87. The van der Waals surface area contributed by atoms with Crippen molar-refractivity contribution in [2.75, 3.05) is 26.2 Å². The fraction of sp³-hybridized carbons (Fsp3) is 1.00. The minimum Gasteiger partial charge on any atom is -0.377 e. The van der Waals surface area contributed by atoms with Crippen molar-refractivity contribution < 1.29 is 4.74 Å². The zero-order chi connectivity index (χ0) is 14.4. The summed E-state index contributed by atoms with van der Waals surface area (Å²) < 4.78 is 5.82. The molecular formula is C17H34N2O. The van der Waals surface area contributed by atoms with Crippen LogP contribution in [0, 0.1) is 11.8 Å². The van der Waals surface area contributed by atoms with Crippen LogP contribution in [0.1, 0.15) is 58.8 Å². The largest absolute Gasteiger partial charge is 0.377 e. The predicted octanol–water partition coefficient (Wildman–Crippen LogP) is 3.03. The maximum Gasteiger partial charge on any atom is 0.0702 e. The van der Waals surface area contributed by atoms with Crippen molar-refractivity contribution in [3.63, 3.8) is 0 Å². The summed E-state index contributed by atoms with van der Waals surface area (Å²) in [7, 11) is 0. The molecule has 118 valence electrons. The second kappa shape index (κ2) is 8.35. The molecule has 2 aliphatic rings. The third-order valence-corrected chi connectivity index (χ3v) is 5.20. The molecule has 3 nitrogen and oxygen atoms in total. The molecule has 1 saturated heterocycles. The average molecular weight is 282 g/mol. The molecule has 2 fully saturated rings. The van der Waals surface area contributed by atoms with Crippen molar-refractivity contribution in [1.29, 1.82) is 0 Å². The van der Waals surface area contributed by atoms with E-state index in [2.05, 4.69) is 18.7 Å². The molecule has 2 rings (SSSR count). The maximum atomic E-state index is 6.39. The Hall–Kier alpha value is -0.120. The highest BCUT2D eigenvalue weighted by molar-refractivity contribution is 4.86. The van der Waals surface area contributed by atoms with E-state index in [-0.39, 0.29) is 0 Å². The van der Waals surface area contributed by atoms with Crippen LogP contribution in [0.25, 0.3) is 0 Å². The van der Waals surface area contributed by atoms with Gasteiger partial charge in [0.1, 0.15) is 0 Å². The molecule has 2 N–H and O–H groups in total. The van der Waals surface area contributed by atoms with Crippen LogP contribution in [0.5, 0.6) is 0 Å². The van der Waals surface area contributed by atoms with Gasteiger partial charge in [0.25, 0.3) is 0 Å². The first kappa shape index (κ1) is 16.3. The van der Waals surface area contributed by atoms with Crippen molar-refractivity contribution in [3.05, 3.63) is 0 Å². The van der Waals surface area contributed by atoms with Crippen LogP contribution in [0.2, 0.25) is 0 Å². The lowest BCUT2D eigenvalue weighted by molar-refractivity contribution is -0.00218. The molecular weight excluding hydrogens is 248 g/mol. The van der Waals surface area contributed by atoms with Crippen LogP contribution < -0.4 is 5.73 Å². The van der Waals surface area contributed by atoms with Crippen LogP contribution in [0.3, 0.4) is 0 Å². The standard InChI is InChI=1S/C17H34N2O/c1-3-6-14-8-9-17(18)15(11-14)12-19-10-5-7-16(13-19)20-4-2/h14-17H,3-13,18H2,1-2H3. The molecule has 1 aliphatic carbocycles. The number of hydrogen-bond donors (Lipinski definition) is 1. The van der Waals surface area contributed by atoms with Gasteiger partial charge >= 0.3 is 0 Å². The molecule has 0 aromatic carbocycles. The lowest BCUT2D eigenvalue weighted by Gasteiger charge is -2.40. The molecule has 4 unspecified atom stereocenters. The summed E-state index contributed by atoms with van der Waals surface area (Å²) >= 11 is 0. The van der Waals surface area contributed by atoms with Gasteiger partial charge in [-0.2, -0.15) is 0 Å².